The lowest BCUT2D eigenvalue weighted by Crippen LogP contribution is -2.34. The monoisotopic (exact) mass is 403 g/mol. The molecule has 6 nitrogen and oxygen atoms in total. The van der Waals surface area contributed by atoms with E-state index < -0.39 is 38.1 Å². The Hall–Kier alpha value is -1.97. The molecule has 1 amide bonds. The van der Waals surface area contributed by atoms with Crippen LogP contribution >= 0.6 is 11.6 Å². The van der Waals surface area contributed by atoms with Gasteiger partial charge in [-0.3, -0.25) is 4.79 Å². The molecule has 0 radical (unpaired) electrons. The standard InChI is InChI=1S/C16H16ClF2N3O3S/c1-16(5-6-16)21-26(24,25)9-7-12(22(2)8-9)15(23)20-11-4-3-10(18)13(17)14(11)19/h3-4,7-8,21H,5-6H2,1-2H3,(H,20,23). The van der Waals surface area contributed by atoms with Gasteiger partial charge >= 0.3 is 0 Å². The van der Waals surface area contributed by atoms with Crippen LogP contribution in [0.4, 0.5) is 14.5 Å². The lowest BCUT2D eigenvalue weighted by Gasteiger charge is -2.10. The van der Waals surface area contributed by atoms with Crippen LogP contribution in [-0.4, -0.2) is 24.4 Å². The number of sulfonamides is 1. The minimum absolute atomic E-state index is 0.00817. The van der Waals surface area contributed by atoms with Gasteiger partial charge in [-0.2, -0.15) is 0 Å². The molecule has 1 fully saturated rings. The van der Waals surface area contributed by atoms with Gasteiger partial charge in [-0.15, -0.1) is 0 Å². The first-order valence-electron chi connectivity index (χ1n) is 7.68. The highest BCUT2D eigenvalue weighted by molar-refractivity contribution is 7.89. The van der Waals surface area contributed by atoms with Crippen LogP contribution in [0.25, 0.3) is 0 Å². The maximum Gasteiger partial charge on any atom is 0.272 e. The molecule has 0 bridgehead atoms. The number of aromatic nitrogens is 1. The van der Waals surface area contributed by atoms with Gasteiger partial charge in [0.2, 0.25) is 10.0 Å². The molecule has 10 heteroatoms. The van der Waals surface area contributed by atoms with Crippen molar-refractivity contribution in [3.8, 4) is 0 Å². The van der Waals surface area contributed by atoms with Crippen molar-refractivity contribution >= 4 is 33.2 Å². The lowest BCUT2D eigenvalue weighted by molar-refractivity contribution is 0.101. The van der Waals surface area contributed by atoms with Crippen molar-refractivity contribution in [1.82, 2.24) is 9.29 Å². The van der Waals surface area contributed by atoms with Crippen LogP contribution in [0.5, 0.6) is 0 Å². The zero-order chi connectivity index (χ0) is 19.3. The van der Waals surface area contributed by atoms with Crippen LogP contribution in [0, 0.1) is 11.6 Å². The number of hydrogen-bond donors (Lipinski definition) is 2. The van der Waals surface area contributed by atoms with Crippen LogP contribution in [0.15, 0.2) is 29.3 Å². The van der Waals surface area contributed by atoms with Crippen molar-refractivity contribution in [2.24, 2.45) is 7.05 Å². The third-order valence-electron chi connectivity index (χ3n) is 4.19. The quantitative estimate of drug-likeness (QED) is 0.753. The SMILES string of the molecule is Cn1cc(S(=O)(=O)NC2(C)CC2)cc1C(=O)Nc1ccc(F)c(Cl)c1F. The predicted octanol–water partition coefficient (Wildman–Crippen LogP) is 3.04. The van der Waals surface area contributed by atoms with Crippen LogP contribution in [0.2, 0.25) is 5.02 Å². The highest BCUT2D eigenvalue weighted by Crippen LogP contribution is 2.36. The molecule has 0 aliphatic heterocycles. The Labute approximate surface area is 154 Å². The molecular weight excluding hydrogens is 388 g/mol. The third kappa shape index (κ3) is 3.60. The highest BCUT2D eigenvalue weighted by Gasteiger charge is 2.41. The number of halogens is 3. The molecule has 3 rings (SSSR count). The summed E-state index contributed by atoms with van der Waals surface area (Å²) in [6.45, 7) is 1.79. The van der Waals surface area contributed by atoms with E-state index in [9.17, 15) is 22.0 Å². The highest BCUT2D eigenvalue weighted by atomic mass is 35.5. The molecule has 2 N–H and O–H groups in total. The van der Waals surface area contributed by atoms with Gasteiger partial charge in [0, 0.05) is 18.8 Å². The summed E-state index contributed by atoms with van der Waals surface area (Å²) in [5.74, 6) is -2.81. The second-order valence-corrected chi connectivity index (χ2v) is 8.58. The Morgan fingerprint density at radius 2 is 1.96 bits per heavy atom. The van der Waals surface area contributed by atoms with Crippen LogP contribution < -0.4 is 10.0 Å². The van der Waals surface area contributed by atoms with Gasteiger partial charge < -0.3 is 9.88 Å². The number of amides is 1. The molecule has 1 aromatic heterocycles. The molecule has 0 saturated heterocycles. The largest absolute Gasteiger partial charge is 0.345 e. The van der Waals surface area contributed by atoms with E-state index in [0.29, 0.717) is 0 Å². The van der Waals surface area contributed by atoms with E-state index >= 15 is 0 Å². The number of carbonyl (C=O) groups is 1. The van der Waals surface area contributed by atoms with E-state index in [1.165, 1.54) is 23.9 Å². The van der Waals surface area contributed by atoms with Crippen molar-refractivity contribution in [2.75, 3.05) is 5.32 Å². The fourth-order valence-electron chi connectivity index (χ4n) is 2.39. The molecule has 140 valence electrons. The van der Waals surface area contributed by atoms with Gasteiger partial charge in [0.05, 0.1) is 5.69 Å². The van der Waals surface area contributed by atoms with Gasteiger partial charge in [0.1, 0.15) is 21.4 Å². The van der Waals surface area contributed by atoms with Gasteiger partial charge in [-0.25, -0.2) is 21.9 Å². The van der Waals surface area contributed by atoms with Crippen molar-refractivity contribution in [1.29, 1.82) is 0 Å². The fraction of sp³-hybridized carbons (Fsp3) is 0.312. The molecule has 0 unspecified atom stereocenters. The van der Waals surface area contributed by atoms with Gasteiger partial charge in [0.15, 0.2) is 5.82 Å². The molecule has 1 saturated carbocycles. The molecule has 1 aliphatic carbocycles. The van der Waals surface area contributed by atoms with Crippen LogP contribution in [0.3, 0.4) is 0 Å². The molecule has 26 heavy (non-hydrogen) atoms. The number of aryl methyl sites for hydroxylation is 1. The smallest absolute Gasteiger partial charge is 0.272 e. The maximum absolute atomic E-state index is 13.9. The van der Waals surface area contributed by atoms with Crippen molar-refractivity contribution in [2.45, 2.75) is 30.2 Å². The molecular formula is C16H16ClF2N3O3S. The first-order valence-corrected chi connectivity index (χ1v) is 9.54. The summed E-state index contributed by atoms with van der Waals surface area (Å²) in [7, 11) is -2.29. The zero-order valence-electron chi connectivity index (χ0n) is 13.9. The molecule has 0 spiro atoms. The Bertz CT molecular complexity index is 1000. The second-order valence-electron chi connectivity index (χ2n) is 6.52. The van der Waals surface area contributed by atoms with E-state index in [0.717, 1.165) is 25.0 Å². The number of nitrogens with one attached hydrogen (secondary N) is 2. The van der Waals surface area contributed by atoms with Gasteiger partial charge in [0.25, 0.3) is 5.91 Å². The number of anilines is 1. The van der Waals surface area contributed by atoms with Gasteiger partial charge in [-0.1, -0.05) is 11.6 Å². The third-order valence-corrected chi connectivity index (χ3v) is 6.14. The molecule has 1 aliphatic rings. The first kappa shape index (κ1) is 18.8. The van der Waals surface area contributed by atoms with Crippen molar-refractivity contribution < 1.29 is 22.0 Å². The minimum atomic E-state index is -3.78. The Balaban J connectivity index is 1.85. The van der Waals surface area contributed by atoms with Gasteiger partial charge in [-0.05, 0) is 38.0 Å². The lowest BCUT2D eigenvalue weighted by atomic mass is 10.2. The topological polar surface area (TPSA) is 80.2 Å². The summed E-state index contributed by atoms with van der Waals surface area (Å²) in [6, 6.07) is 3.14. The number of nitrogens with zero attached hydrogens (tertiary/aromatic N) is 1. The average molecular weight is 404 g/mol. The van der Waals surface area contributed by atoms with Crippen LogP contribution in [-0.2, 0) is 17.1 Å². The van der Waals surface area contributed by atoms with E-state index in [4.69, 9.17) is 11.6 Å². The normalized spacial score (nSPS) is 15.7. The number of benzene rings is 1. The second kappa shape index (κ2) is 6.33. The summed E-state index contributed by atoms with van der Waals surface area (Å²) in [6.07, 6.45) is 2.78. The van der Waals surface area contributed by atoms with E-state index in [1.807, 2.05) is 0 Å². The van der Waals surface area contributed by atoms with Crippen LogP contribution in [0.1, 0.15) is 30.3 Å². The van der Waals surface area contributed by atoms with E-state index in [-0.39, 0.29) is 16.3 Å². The Morgan fingerprint density at radius 3 is 2.58 bits per heavy atom. The zero-order valence-corrected chi connectivity index (χ0v) is 15.5. The number of carbonyl (C=O) groups excluding carboxylic acids is 1. The summed E-state index contributed by atoms with van der Waals surface area (Å²) in [5, 5.41) is 1.52. The predicted molar refractivity (Wildman–Crippen MR) is 92.7 cm³/mol. The Kier molecular flexibility index (Phi) is 4.58. The molecule has 1 aromatic carbocycles. The summed E-state index contributed by atoms with van der Waals surface area (Å²) in [4.78, 5) is 12.3. The van der Waals surface area contributed by atoms with E-state index in [1.54, 1.807) is 6.92 Å². The average Bonchev–Trinajstić information content (AvgIpc) is 3.12. The Morgan fingerprint density at radius 1 is 1.31 bits per heavy atom. The molecule has 0 atom stereocenters. The first-order chi connectivity index (χ1) is 12.0. The summed E-state index contributed by atoms with van der Waals surface area (Å²) in [5.41, 5.74) is -0.771. The maximum atomic E-state index is 13.9. The summed E-state index contributed by atoms with van der Waals surface area (Å²) >= 11 is 5.48. The number of hydrogen-bond acceptors (Lipinski definition) is 3. The molecule has 2 aromatic rings. The number of rotatable bonds is 5. The fourth-order valence-corrected chi connectivity index (χ4v) is 4.09. The van der Waals surface area contributed by atoms with Crippen molar-refractivity contribution in [3.05, 3.63) is 46.7 Å². The minimum Gasteiger partial charge on any atom is -0.345 e. The molecule has 1 heterocycles. The van der Waals surface area contributed by atoms with E-state index in [2.05, 4.69) is 10.0 Å². The summed E-state index contributed by atoms with van der Waals surface area (Å²) < 4.78 is 55.8. The van der Waals surface area contributed by atoms with Crippen molar-refractivity contribution in [3.63, 3.8) is 0 Å².